The predicted molar refractivity (Wildman–Crippen MR) is 104 cm³/mol. The number of fused-ring (bicyclic) bond motifs is 3. The lowest BCUT2D eigenvalue weighted by molar-refractivity contribution is -0.137. The Labute approximate surface area is 167 Å². The van der Waals surface area contributed by atoms with Crippen molar-refractivity contribution in [2.24, 2.45) is 5.92 Å². The van der Waals surface area contributed by atoms with Crippen LogP contribution in [0.5, 0.6) is 0 Å². The molecule has 1 saturated carbocycles. The zero-order valence-electron chi connectivity index (χ0n) is 16.4. The Hall–Kier alpha value is -1.77. The van der Waals surface area contributed by atoms with E-state index in [0.717, 1.165) is 44.2 Å². The van der Waals surface area contributed by atoms with Gasteiger partial charge in [0, 0.05) is 25.0 Å². The maximum atomic E-state index is 13.2. The Balaban J connectivity index is 1.62. The standard InChI is InChI=1S/C21H27F3N2O3/c1-20(28)7-4-13(5-8-20)6-10-26-11-9-25-19(27)18-17(26)15-12-14(21(22,23)24)2-3-16(15)29-18/h2-3,12-13,19,25,27-28H,4-11H2,1H3/t13-,19?,20+. The third-order valence-corrected chi connectivity index (χ3v) is 6.29. The molecule has 5 nitrogen and oxygen atoms in total. The Morgan fingerprint density at radius 2 is 2.00 bits per heavy atom. The van der Waals surface area contributed by atoms with Crippen molar-refractivity contribution in [1.82, 2.24) is 5.32 Å². The molecular formula is C21H27F3N2O3. The van der Waals surface area contributed by atoms with Crippen molar-refractivity contribution in [3.8, 4) is 0 Å². The lowest BCUT2D eigenvalue weighted by Gasteiger charge is -2.34. The highest BCUT2D eigenvalue weighted by molar-refractivity contribution is 5.94. The number of aliphatic hydroxyl groups is 2. The summed E-state index contributed by atoms with van der Waals surface area (Å²) in [6.45, 7) is 3.61. The lowest BCUT2D eigenvalue weighted by atomic mass is 9.78. The Kier molecular flexibility index (Phi) is 5.29. The smallest absolute Gasteiger partial charge is 0.416 e. The van der Waals surface area contributed by atoms with E-state index < -0.39 is 23.6 Å². The molecule has 1 unspecified atom stereocenters. The van der Waals surface area contributed by atoms with Crippen LogP contribution >= 0.6 is 0 Å². The van der Waals surface area contributed by atoms with E-state index in [1.165, 1.54) is 6.07 Å². The van der Waals surface area contributed by atoms with E-state index in [1.807, 2.05) is 11.8 Å². The summed E-state index contributed by atoms with van der Waals surface area (Å²) in [6.07, 6.45) is -1.18. The minimum atomic E-state index is -4.44. The number of halogens is 3. The van der Waals surface area contributed by atoms with Crippen LogP contribution in [-0.2, 0) is 6.18 Å². The first kappa shape index (κ1) is 20.5. The number of anilines is 1. The summed E-state index contributed by atoms with van der Waals surface area (Å²) in [5.41, 5.74) is -0.430. The fourth-order valence-electron chi connectivity index (χ4n) is 4.48. The Bertz CT molecular complexity index is 868. The molecule has 1 fully saturated rings. The highest BCUT2D eigenvalue weighted by Crippen LogP contribution is 2.41. The molecule has 2 heterocycles. The van der Waals surface area contributed by atoms with Crippen molar-refractivity contribution >= 4 is 16.7 Å². The quantitative estimate of drug-likeness (QED) is 0.706. The first-order valence-electron chi connectivity index (χ1n) is 10.2. The largest absolute Gasteiger partial charge is 0.455 e. The average molecular weight is 412 g/mol. The van der Waals surface area contributed by atoms with E-state index in [-0.39, 0.29) is 5.76 Å². The summed E-state index contributed by atoms with van der Waals surface area (Å²) in [5, 5.41) is 23.8. The summed E-state index contributed by atoms with van der Waals surface area (Å²) in [5.74, 6) is 0.743. The summed E-state index contributed by atoms with van der Waals surface area (Å²) in [4.78, 5) is 2.03. The molecular weight excluding hydrogens is 385 g/mol. The van der Waals surface area contributed by atoms with Gasteiger partial charge < -0.3 is 19.5 Å². The maximum absolute atomic E-state index is 13.2. The van der Waals surface area contributed by atoms with Crippen molar-refractivity contribution in [2.45, 2.75) is 57.0 Å². The van der Waals surface area contributed by atoms with Gasteiger partial charge in [-0.25, -0.2) is 0 Å². The van der Waals surface area contributed by atoms with Gasteiger partial charge in [-0.05, 0) is 63.1 Å². The SMILES string of the molecule is C[C@]1(O)CC[C@@H](CCN2CCNC(O)c3oc4ccc(C(F)(F)F)cc4c32)CC1. The fourth-order valence-corrected chi connectivity index (χ4v) is 4.48. The summed E-state index contributed by atoms with van der Waals surface area (Å²) in [6, 6.07) is 3.44. The first-order valence-corrected chi connectivity index (χ1v) is 10.2. The van der Waals surface area contributed by atoms with Crippen LogP contribution in [0.2, 0.25) is 0 Å². The highest BCUT2D eigenvalue weighted by Gasteiger charge is 2.34. The molecule has 3 N–H and O–H groups in total. The number of hydrogen-bond donors (Lipinski definition) is 3. The number of rotatable bonds is 3. The maximum Gasteiger partial charge on any atom is 0.416 e. The van der Waals surface area contributed by atoms with Crippen molar-refractivity contribution in [1.29, 1.82) is 0 Å². The summed E-state index contributed by atoms with van der Waals surface area (Å²) in [7, 11) is 0. The minimum absolute atomic E-state index is 0.267. The molecule has 0 radical (unpaired) electrons. The van der Waals surface area contributed by atoms with E-state index in [2.05, 4.69) is 5.32 Å². The number of nitrogens with one attached hydrogen (secondary N) is 1. The van der Waals surface area contributed by atoms with Crippen LogP contribution in [-0.4, -0.2) is 35.4 Å². The molecule has 1 aliphatic carbocycles. The lowest BCUT2D eigenvalue weighted by Crippen LogP contribution is -2.34. The van der Waals surface area contributed by atoms with Crippen molar-refractivity contribution < 1.29 is 27.8 Å². The fraction of sp³-hybridized carbons (Fsp3) is 0.619. The molecule has 0 spiro atoms. The number of nitrogens with zero attached hydrogens (tertiary/aromatic N) is 1. The van der Waals surface area contributed by atoms with E-state index in [9.17, 15) is 23.4 Å². The molecule has 0 amide bonds. The molecule has 1 aromatic heterocycles. The number of furan rings is 1. The zero-order valence-corrected chi connectivity index (χ0v) is 16.4. The van der Waals surface area contributed by atoms with E-state index in [0.29, 0.717) is 42.2 Å². The predicted octanol–water partition coefficient (Wildman–Crippen LogP) is 4.18. The van der Waals surface area contributed by atoms with E-state index in [1.54, 1.807) is 0 Å². The summed E-state index contributed by atoms with van der Waals surface area (Å²) < 4.78 is 45.5. The van der Waals surface area contributed by atoms with Gasteiger partial charge in [0.1, 0.15) is 5.58 Å². The van der Waals surface area contributed by atoms with Crippen LogP contribution < -0.4 is 10.2 Å². The van der Waals surface area contributed by atoms with Gasteiger partial charge in [-0.3, -0.25) is 5.32 Å². The van der Waals surface area contributed by atoms with E-state index in [4.69, 9.17) is 4.42 Å². The van der Waals surface area contributed by atoms with Gasteiger partial charge in [0.25, 0.3) is 0 Å². The monoisotopic (exact) mass is 412 g/mol. The zero-order chi connectivity index (χ0) is 20.8. The van der Waals surface area contributed by atoms with Crippen LogP contribution in [0.15, 0.2) is 22.6 Å². The van der Waals surface area contributed by atoms with Gasteiger partial charge in [-0.15, -0.1) is 0 Å². The van der Waals surface area contributed by atoms with Crippen LogP contribution in [0.1, 0.15) is 56.6 Å². The van der Waals surface area contributed by atoms with E-state index >= 15 is 0 Å². The van der Waals surface area contributed by atoms with Gasteiger partial charge in [-0.2, -0.15) is 13.2 Å². The number of hydrogen-bond acceptors (Lipinski definition) is 5. The molecule has 1 aromatic carbocycles. The molecule has 0 saturated heterocycles. The highest BCUT2D eigenvalue weighted by atomic mass is 19.4. The molecule has 8 heteroatoms. The average Bonchev–Trinajstić information content (AvgIpc) is 2.96. The summed E-state index contributed by atoms with van der Waals surface area (Å²) >= 11 is 0. The molecule has 0 bridgehead atoms. The number of alkyl halides is 3. The second-order valence-electron chi connectivity index (χ2n) is 8.60. The van der Waals surface area contributed by atoms with Gasteiger partial charge >= 0.3 is 6.18 Å². The second-order valence-corrected chi connectivity index (χ2v) is 8.60. The topological polar surface area (TPSA) is 68.9 Å². The normalized spacial score (nSPS) is 28.4. The molecule has 160 valence electrons. The third-order valence-electron chi connectivity index (χ3n) is 6.29. The molecule has 1 atom stereocenters. The number of benzene rings is 1. The van der Waals surface area contributed by atoms with Gasteiger partial charge in [0.05, 0.1) is 16.9 Å². The Morgan fingerprint density at radius 3 is 2.69 bits per heavy atom. The molecule has 29 heavy (non-hydrogen) atoms. The third kappa shape index (κ3) is 4.25. The molecule has 2 aliphatic rings. The number of aliphatic hydroxyl groups excluding tert-OH is 1. The molecule has 4 rings (SSSR count). The van der Waals surface area contributed by atoms with Crippen molar-refractivity contribution in [2.75, 3.05) is 24.5 Å². The van der Waals surface area contributed by atoms with Gasteiger partial charge in [0.2, 0.25) is 0 Å². The van der Waals surface area contributed by atoms with Gasteiger partial charge in [-0.1, -0.05) is 0 Å². The van der Waals surface area contributed by atoms with Crippen LogP contribution in [0, 0.1) is 5.92 Å². The minimum Gasteiger partial charge on any atom is -0.455 e. The van der Waals surface area contributed by atoms with Crippen molar-refractivity contribution in [3.05, 3.63) is 29.5 Å². The van der Waals surface area contributed by atoms with Crippen LogP contribution in [0.4, 0.5) is 18.9 Å². The molecule has 2 aromatic rings. The van der Waals surface area contributed by atoms with Crippen molar-refractivity contribution in [3.63, 3.8) is 0 Å². The van der Waals surface area contributed by atoms with Crippen LogP contribution in [0.25, 0.3) is 11.0 Å². The molecule has 1 aliphatic heterocycles. The first-order chi connectivity index (χ1) is 13.6. The van der Waals surface area contributed by atoms with Crippen LogP contribution in [0.3, 0.4) is 0 Å². The second kappa shape index (κ2) is 7.49. The Morgan fingerprint density at radius 1 is 1.28 bits per heavy atom. The van der Waals surface area contributed by atoms with Gasteiger partial charge in [0.15, 0.2) is 12.0 Å².